The van der Waals surface area contributed by atoms with Crippen molar-refractivity contribution in [2.45, 2.75) is 33.9 Å². The van der Waals surface area contributed by atoms with Crippen molar-refractivity contribution in [3.63, 3.8) is 0 Å². The van der Waals surface area contributed by atoms with Gasteiger partial charge >= 0.3 is 0 Å². The summed E-state index contributed by atoms with van der Waals surface area (Å²) in [5.41, 5.74) is 1.22. The molecule has 1 aliphatic heterocycles. The highest BCUT2D eigenvalue weighted by atomic mass is 15.2. The monoisotopic (exact) mass is 128 g/mol. The van der Waals surface area contributed by atoms with Gasteiger partial charge in [-0.3, -0.25) is 0 Å². The summed E-state index contributed by atoms with van der Waals surface area (Å²) in [6.07, 6.45) is 2.41. The zero-order valence-electron chi connectivity index (χ0n) is 6.65. The van der Waals surface area contributed by atoms with E-state index >= 15 is 0 Å². The summed E-state index contributed by atoms with van der Waals surface area (Å²) < 4.78 is 0. The summed E-state index contributed by atoms with van der Waals surface area (Å²) in [6.45, 7) is 8.11. The molecule has 9 heavy (non-hydrogen) atoms. The Morgan fingerprint density at radius 3 is 2.11 bits per heavy atom. The highest BCUT2D eigenvalue weighted by Gasteiger charge is 2.02. The molecule has 0 fully saturated rings. The van der Waals surface area contributed by atoms with Gasteiger partial charge in [0, 0.05) is 11.9 Å². The van der Waals surface area contributed by atoms with Crippen LogP contribution in [0.15, 0.2) is 11.9 Å². The normalized spacial score (nSPS) is 22.7. The van der Waals surface area contributed by atoms with Crippen molar-refractivity contribution in [2.75, 3.05) is 0 Å². The minimum Gasteiger partial charge on any atom is -0.370 e. The Labute approximate surface area is 57.3 Å². The lowest BCUT2D eigenvalue weighted by atomic mass is 10.5. The highest BCUT2D eigenvalue weighted by molar-refractivity contribution is 5.01. The molecule has 1 atom stereocenters. The van der Waals surface area contributed by atoms with Crippen LogP contribution in [-0.4, -0.2) is 6.17 Å². The van der Waals surface area contributed by atoms with E-state index in [0.29, 0.717) is 6.17 Å². The third-order valence-electron chi connectivity index (χ3n) is 0.994. The van der Waals surface area contributed by atoms with E-state index in [1.54, 1.807) is 0 Å². The second-order valence-corrected chi connectivity index (χ2v) is 1.86. The lowest BCUT2D eigenvalue weighted by Crippen LogP contribution is -2.27. The Bertz CT molecular complexity index is 97.1. The predicted molar refractivity (Wildman–Crippen MR) is 40.8 cm³/mol. The first-order valence-electron chi connectivity index (χ1n) is 3.48. The van der Waals surface area contributed by atoms with Crippen LogP contribution >= 0.6 is 0 Å². The topological polar surface area (TPSA) is 24.1 Å². The van der Waals surface area contributed by atoms with E-state index in [1.165, 1.54) is 5.70 Å². The second-order valence-electron chi connectivity index (χ2n) is 1.86. The molecule has 0 saturated carbocycles. The van der Waals surface area contributed by atoms with Crippen molar-refractivity contribution < 1.29 is 0 Å². The SMILES string of the molecule is CC.CC1=CNC(C)N1. The molecule has 1 unspecified atom stereocenters. The molecule has 0 bridgehead atoms. The van der Waals surface area contributed by atoms with E-state index in [9.17, 15) is 0 Å². The van der Waals surface area contributed by atoms with Gasteiger partial charge in [-0.2, -0.15) is 0 Å². The lowest BCUT2D eigenvalue weighted by Gasteiger charge is -2.02. The van der Waals surface area contributed by atoms with Crippen LogP contribution in [0.5, 0.6) is 0 Å². The molecule has 0 aromatic rings. The molecule has 0 aromatic heterocycles. The number of hydrogen-bond donors (Lipinski definition) is 2. The Morgan fingerprint density at radius 2 is 2.00 bits per heavy atom. The van der Waals surface area contributed by atoms with Gasteiger partial charge in [0.15, 0.2) is 0 Å². The van der Waals surface area contributed by atoms with Crippen LogP contribution in [0.3, 0.4) is 0 Å². The fourth-order valence-electron chi connectivity index (χ4n) is 0.675. The summed E-state index contributed by atoms with van der Waals surface area (Å²) in [7, 11) is 0. The number of hydrogen-bond acceptors (Lipinski definition) is 2. The van der Waals surface area contributed by atoms with Gasteiger partial charge in [-0.15, -0.1) is 0 Å². The second kappa shape index (κ2) is 4.24. The van der Waals surface area contributed by atoms with E-state index in [4.69, 9.17) is 0 Å². The molecule has 0 radical (unpaired) electrons. The molecule has 2 N–H and O–H groups in total. The van der Waals surface area contributed by atoms with Crippen LogP contribution in [-0.2, 0) is 0 Å². The lowest BCUT2D eigenvalue weighted by molar-refractivity contribution is 0.613. The highest BCUT2D eigenvalue weighted by Crippen LogP contribution is 1.93. The van der Waals surface area contributed by atoms with Crippen molar-refractivity contribution in [1.29, 1.82) is 0 Å². The summed E-state index contributed by atoms with van der Waals surface area (Å²) >= 11 is 0. The van der Waals surface area contributed by atoms with Crippen molar-refractivity contribution in [1.82, 2.24) is 10.6 Å². The molecule has 1 rings (SSSR count). The Kier molecular flexibility index (Phi) is 3.93. The summed E-state index contributed by atoms with van der Waals surface area (Å²) in [5, 5.41) is 6.26. The number of allylic oxidation sites excluding steroid dienone is 1. The van der Waals surface area contributed by atoms with Crippen LogP contribution in [0.25, 0.3) is 0 Å². The van der Waals surface area contributed by atoms with Gasteiger partial charge in [0.1, 0.15) is 0 Å². The van der Waals surface area contributed by atoms with Crippen LogP contribution < -0.4 is 10.6 Å². The minimum absolute atomic E-state index is 0.431. The van der Waals surface area contributed by atoms with Crippen molar-refractivity contribution in [3.05, 3.63) is 11.9 Å². The number of rotatable bonds is 0. The summed E-state index contributed by atoms with van der Waals surface area (Å²) in [4.78, 5) is 0. The molecular formula is C7H16N2. The van der Waals surface area contributed by atoms with Gasteiger partial charge in [-0.05, 0) is 13.8 Å². The van der Waals surface area contributed by atoms with E-state index in [0.717, 1.165) is 0 Å². The quantitative estimate of drug-likeness (QED) is 0.515. The molecular weight excluding hydrogens is 112 g/mol. The van der Waals surface area contributed by atoms with Crippen LogP contribution in [0.4, 0.5) is 0 Å². The number of nitrogens with one attached hydrogen (secondary N) is 2. The van der Waals surface area contributed by atoms with E-state index in [1.807, 2.05) is 27.0 Å². The molecule has 2 heteroatoms. The minimum atomic E-state index is 0.431. The van der Waals surface area contributed by atoms with Gasteiger partial charge < -0.3 is 10.6 Å². The van der Waals surface area contributed by atoms with Crippen LogP contribution in [0.2, 0.25) is 0 Å². The van der Waals surface area contributed by atoms with Crippen molar-refractivity contribution in [3.8, 4) is 0 Å². The maximum atomic E-state index is 3.17. The van der Waals surface area contributed by atoms with Gasteiger partial charge in [0.05, 0.1) is 6.17 Å². The smallest absolute Gasteiger partial charge is 0.0928 e. The Balaban J connectivity index is 0.000000291. The maximum absolute atomic E-state index is 3.17. The van der Waals surface area contributed by atoms with Crippen LogP contribution in [0.1, 0.15) is 27.7 Å². The van der Waals surface area contributed by atoms with E-state index in [-0.39, 0.29) is 0 Å². The first-order chi connectivity index (χ1) is 4.29. The third kappa shape index (κ3) is 3.01. The first kappa shape index (κ1) is 8.34. The molecule has 0 aliphatic carbocycles. The summed E-state index contributed by atoms with van der Waals surface area (Å²) in [6, 6.07) is 0. The maximum Gasteiger partial charge on any atom is 0.0928 e. The molecule has 54 valence electrons. The molecule has 1 heterocycles. The van der Waals surface area contributed by atoms with Gasteiger partial charge in [0.25, 0.3) is 0 Å². The average Bonchev–Trinajstić information content (AvgIpc) is 2.20. The van der Waals surface area contributed by atoms with E-state index < -0.39 is 0 Å². The zero-order valence-corrected chi connectivity index (χ0v) is 6.65. The van der Waals surface area contributed by atoms with Gasteiger partial charge in [0.2, 0.25) is 0 Å². The van der Waals surface area contributed by atoms with E-state index in [2.05, 4.69) is 17.6 Å². The van der Waals surface area contributed by atoms with Crippen LogP contribution in [0, 0.1) is 0 Å². The Hall–Kier alpha value is -0.660. The predicted octanol–water partition coefficient (Wildman–Crippen LogP) is 1.41. The standard InChI is InChI=1S/C5H10N2.C2H6/c1-4-3-6-5(2)7-4;1-2/h3,5-7H,1-2H3;1-2H3. The first-order valence-corrected chi connectivity index (χ1v) is 3.48. The van der Waals surface area contributed by atoms with Gasteiger partial charge in [-0.25, -0.2) is 0 Å². The fourth-order valence-corrected chi connectivity index (χ4v) is 0.675. The molecule has 0 amide bonds. The zero-order chi connectivity index (χ0) is 7.28. The largest absolute Gasteiger partial charge is 0.370 e. The Morgan fingerprint density at radius 1 is 1.44 bits per heavy atom. The molecule has 2 nitrogen and oxygen atoms in total. The molecule has 0 spiro atoms. The molecule has 1 aliphatic rings. The van der Waals surface area contributed by atoms with Crippen molar-refractivity contribution >= 4 is 0 Å². The summed E-state index contributed by atoms with van der Waals surface area (Å²) in [5.74, 6) is 0. The fraction of sp³-hybridized carbons (Fsp3) is 0.714. The van der Waals surface area contributed by atoms with Gasteiger partial charge in [-0.1, -0.05) is 13.8 Å². The molecule has 0 saturated heterocycles. The third-order valence-corrected chi connectivity index (χ3v) is 0.994. The van der Waals surface area contributed by atoms with Crippen molar-refractivity contribution in [2.24, 2.45) is 0 Å². The molecule has 0 aromatic carbocycles. The average molecular weight is 128 g/mol.